The van der Waals surface area contributed by atoms with E-state index >= 15 is 0 Å². The summed E-state index contributed by atoms with van der Waals surface area (Å²) in [5.74, 6) is 0.694. The summed E-state index contributed by atoms with van der Waals surface area (Å²) in [6.45, 7) is 2.91. The number of pyridine rings is 1. The predicted molar refractivity (Wildman–Crippen MR) is 92.4 cm³/mol. The highest BCUT2D eigenvalue weighted by Crippen LogP contribution is 2.37. The molecular weight excluding hydrogens is 330 g/mol. The number of nitrogens with zero attached hydrogens (tertiary/aromatic N) is 3. The summed E-state index contributed by atoms with van der Waals surface area (Å²) in [6.07, 6.45) is 2.34. The highest BCUT2D eigenvalue weighted by Gasteiger charge is 2.35. The molecule has 1 aromatic heterocycles. The van der Waals surface area contributed by atoms with Crippen molar-refractivity contribution in [2.75, 3.05) is 18.0 Å². The van der Waals surface area contributed by atoms with Gasteiger partial charge in [-0.05, 0) is 31.9 Å². The number of nitro groups is 1. The van der Waals surface area contributed by atoms with Crippen molar-refractivity contribution in [2.24, 2.45) is 0 Å². The first-order valence-electron chi connectivity index (χ1n) is 7.74. The molecule has 6 nitrogen and oxygen atoms in total. The molecule has 1 aliphatic rings. The lowest BCUT2D eigenvalue weighted by Crippen LogP contribution is -2.43. The predicted octanol–water partition coefficient (Wildman–Crippen LogP) is 3.44. The summed E-state index contributed by atoms with van der Waals surface area (Å²) < 4.78 is 0. The normalized spacial score (nSPS) is 16.9. The molecule has 1 N–H and O–H groups in total. The highest BCUT2D eigenvalue weighted by atomic mass is 35.5. The van der Waals surface area contributed by atoms with Crippen LogP contribution in [0.2, 0.25) is 5.02 Å². The highest BCUT2D eigenvalue weighted by molar-refractivity contribution is 6.31. The van der Waals surface area contributed by atoms with Crippen molar-refractivity contribution in [1.82, 2.24) is 4.98 Å². The molecule has 2 heterocycles. The van der Waals surface area contributed by atoms with Crippen LogP contribution in [0.3, 0.4) is 0 Å². The fourth-order valence-corrected chi connectivity index (χ4v) is 3.42. The van der Waals surface area contributed by atoms with Gasteiger partial charge in [-0.1, -0.05) is 29.8 Å². The first kappa shape index (κ1) is 16.7. The zero-order valence-electron chi connectivity index (χ0n) is 13.3. The minimum absolute atomic E-state index is 0.0170. The van der Waals surface area contributed by atoms with Crippen LogP contribution in [0.5, 0.6) is 0 Å². The van der Waals surface area contributed by atoms with Crippen LogP contribution >= 0.6 is 11.6 Å². The molecule has 126 valence electrons. The van der Waals surface area contributed by atoms with Crippen LogP contribution in [0.15, 0.2) is 36.5 Å². The molecule has 2 aromatic rings. The Bertz CT molecular complexity index is 773. The van der Waals surface area contributed by atoms with Crippen LogP contribution in [0.4, 0.5) is 11.5 Å². The van der Waals surface area contributed by atoms with E-state index in [4.69, 9.17) is 11.6 Å². The van der Waals surface area contributed by atoms with E-state index in [0.29, 0.717) is 42.3 Å². The number of piperidine rings is 1. The summed E-state index contributed by atoms with van der Waals surface area (Å²) in [6, 6.07) is 9.06. The second-order valence-corrected chi connectivity index (χ2v) is 6.49. The van der Waals surface area contributed by atoms with Gasteiger partial charge in [0, 0.05) is 29.2 Å². The van der Waals surface area contributed by atoms with Crippen LogP contribution in [0.1, 0.15) is 24.0 Å². The van der Waals surface area contributed by atoms with Crippen LogP contribution in [0.25, 0.3) is 0 Å². The van der Waals surface area contributed by atoms with E-state index in [1.807, 2.05) is 23.1 Å². The van der Waals surface area contributed by atoms with Gasteiger partial charge in [-0.2, -0.15) is 0 Å². The van der Waals surface area contributed by atoms with E-state index in [2.05, 4.69) is 4.98 Å². The Morgan fingerprint density at radius 3 is 2.58 bits per heavy atom. The molecule has 0 atom stereocenters. The fourth-order valence-electron chi connectivity index (χ4n) is 3.11. The van der Waals surface area contributed by atoms with Crippen LogP contribution < -0.4 is 4.90 Å². The van der Waals surface area contributed by atoms with Crippen LogP contribution in [-0.2, 0) is 5.60 Å². The van der Waals surface area contributed by atoms with Crippen LogP contribution in [-0.4, -0.2) is 28.1 Å². The Balaban J connectivity index is 1.77. The molecule has 1 aromatic carbocycles. The number of aryl methyl sites for hydroxylation is 1. The molecule has 7 heteroatoms. The molecule has 3 rings (SSSR count). The third kappa shape index (κ3) is 3.07. The van der Waals surface area contributed by atoms with E-state index in [0.717, 1.165) is 5.56 Å². The lowest BCUT2D eigenvalue weighted by Gasteiger charge is -2.39. The van der Waals surface area contributed by atoms with Crippen molar-refractivity contribution < 1.29 is 10.0 Å². The van der Waals surface area contributed by atoms with E-state index in [9.17, 15) is 15.2 Å². The Labute approximate surface area is 144 Å². The molecule has 0 radical (unpaired) electrons. The first-order chi connectivity index (χ1) is 11.4. The third-order valence-electron chi connectivity index (χ3n) is 4.56. The van der Waals surface area contributed by atoms with Gasteiger partial charge in [-0.25, -0.2) is 4.98 Å². The molecule has 0 saturated carbocycles. The molecule has 1 aliphatic heterocycles. The second-order valence-electron chi connectivity index (χ2n) is 6.08. The first-order valence-corrected chi connectivity index (χ1v) is 8.12. The molecule has 0 amide bonds. The minimum atomic E-state index is -0.954. The van der Waals surface area contributed by atoms with Gasteiger partial charge in [-0.15, -0.1) is 0 Å². The Hall–Kier alpha value is -2.18. The van der Waals surface area contributed by atoms with Crippen molar-refractivity contribution in [3.8, 4) is 0 Å². The van der Waals surface area contributed by atoms with Crippen molar-refractivity contribution >= 4 is 23.1 Å². The summed E-state index contributed by atoms with van der Waals surface area (Å²) in [5, 5.41) is 22.4. The lowest BCUT2D eigenvalue weighted by molar-refractivity contribution is -0.385. The van der Waals surface area contributed by atoms with E-state index in [1.165, 1.54) is 6.20 Å². The van der Waals surface area contributed by atoms with Crippen molar-refractivity contribution in [3.05, 3.63) is 62.8 Å². The Morgan fingerprint density at radius 2 is 2.00 bits per heavy atom. The molecular formula is C17H18ClN3O3. The molecule has 0 unspecified atom stereocenters. The SMILES string of the molecule is Cc1cc(N2CCC(O)(c3ccccc3Cl)CC2)ncc1[N+](=O)[O-]. The van der Waals surface area contributed by atoms with Gasteiger partial charge >= 0.3 is 0 Å². The maximum absolute atomic E-state index is 10.9. The molecule has 1 saturated heterocycles. The topological polar surface area (TPSA) is 79.5 Å². The number of hydrogen-bond acceptors (Lipinski definition) is 5. The lowest BCUT2D eigenvalue weighted by atomic mass is 9.84. The average molecular weight is 348 g/mol. The number of halogens is 1. The maximum Gasteiger partial charge on any atom is 0.290 e. The van der Waals surface area contributed by atoms with Gasteiger partial charge < -0.3 is 10.0 Å². The van der Waals surface area contributed by atoms with Gasteiger partial charge in [0.2, 0.25) is 0 Å². The van der Waals surface area contributed by atoms with Crippen molar-refractivity contribution in [3.63, 3.8) is 0 Å². The van der Waals surface area contributed by atoms with Gasteiger partial charge in [0.15, 0.2) is 0 Å². The Kier molecular flexibility index (Phi) is 4.43. The number of benzene rings is 1. The molecule has 0 bridgehead atoms. The van der Waals surface area contributed by atoms with E-state index in [-0.39, 0.29) is 5.69 Å². The second kappa shape index (κ2) is 6.37. The summed E-state index contributed by atoms with van der Waals surface area (Å²) in [5.41, 5.74) is 0.393. The average Bonchev–Trinajstić information content (AvgIpc) is 2.55. The number of rotatable bonds is 3. The van der Waals surface area contributed by atoms with Crippen molar-refractivity contribution in [1.29, 1.82) is 0 Å². The van der Waals surface area contributed by atoms with Gasteiger partial charge in [0.05, 0.1) is 10.5 Å². The van der Waals surface area contributed by atoms with E-state index < -0.39 is 10.5 Å². The largest absolute Gasteiger partial charge is 0.385 e. The van der Waals surface area contributed by atoms with Crippen LogP contribution in [0, 0.1) is 17.0 Å². The fraction of sp³-hybridized carbons (Fsp3) is 0.353. The van der Waals surface area contributed by atoms with Crippen molar-refractivity contribution in [2.45, 2.75) is 25.4 Å². The Morgan fingerprint density at radius 1 is 1.33 bits per heavy atom. The smallest absolute Gasteiger partial charge is 0.290 e. The number of anilines is 1. The number of aliphatic hydroxyl groups is 1. The third-order valence-corrected chi connectivity index (χ3v) is 4.88. The number of hydrogen-bond donors (Lipinski definition) is 1. The van der Waals surface area contributed by atoms with Gasteiger partial charge in [-0.3, -0.25) is 10.1 Å². The summed E-state index contributed by atoms with van der Waals surface area (Å²) in [7, 11) is 0. The standard InChI is InChI=1S/C17H18ClN3O3/c1-12-10-16(19-11-15(12)21(23)24)20-8-6-17(22,7-9-20)13-4-2-3-5-14(13)18/h2-5,10-11,22H,6-9H2,1H3. The summed E-state index contributed by atoms with van der Waals surface area (Å²) >= 11 is 6.22. The molecule has 1 fully saturated rings. The maximum atomic E-state index is 10.9. The summed E-state index contributed by atoms with van der Waals surface area (Å²) in [4.78, 5) is 16.7. The van der Waals surface area contributed by atoms with E-state index in [1.54, 1.807) is 19.1 Å². The molecule has 0 aliphatic carbocycles. The monoisotopic (exact) mass is 347 g/mol. The molecule has 24 heavy (non-hydrogen) atoms. The zero-order valence-corrected chi connectivity index (χ0v) is 14.0. The van der Waals surface area contributed by atoms with Gasteiger partial charge in [0.25, 0.3) is 5.69 Å². The van der Waals surface area contributed by atoms with Gasteiger partial charge in [0.1, 0.15) is 12.0 Å². The number of aromatic nitrogens is 1. The zero-order chi connectivity index (χ0) is 17.3. The quantitative estimate of drug-likeness (QED) is 0.679. The minimum Gasteiger partial charge on any atom is -0.385 e. The molecule has 0 spiro atoms.